The van der Waals surface area contributed by atoms with Crippen LogP contribution in [0.5, 0.6) is 0 Å². The lowest BCUT2D eigenvalue weighted by molar-refractivity contribution is -0.0175. The number of nitrogen functional groups attached to an aromatic ring is 1. The van der Waals surface area contributed by atoms with Crippen LogP contribution in [0.25, 0.3) is 0 Å². The molecule has 2 heterocycles. The van der Waals surface area contributed by atoms with Crippen molar-refractivity contribution in [3.05, 3.63) is 23.5 Å². The first kappa shape index (κ1) is 14.7. The average molecular weight is 279 g/mol. The standard InChI is InChI=1S/C13H21N5O2/c1-9-5-12(17-14)11(7-15-9)13(19)16-6-10-8-18(2)3-4-20-10/h5,7,10H,3-4,6,8,14H2,1-2H3,(H,15,17)(H,16,19). The third kappa shape index (κ3) is 3.66. The van der Waals surface area contributed by atoms with Crippen LogP contribution in [0.3, 0.4) is 0 Å². The summed E-state index contributed by atoms with van der Waals surface area (Å²) >= 11 is 0. The summed E-state index contributed by atoms with van der Waals surface area (Å²) in [5.41, 5.74) is 4.32. The van der Waals surface area contributed by atoms with Crippen molar-refractivity contribution in [3.8, 4) is 0 Å². The molecule has 1 fully saturated rings. The number of nitrogens with one attached hydrogen (secondary N) is 2. The fraction of sp³-hybridized carbons (Fsp3) is 0.538. The first-order valence-electron chi connectivity index (χ1n) is 6.61. The number of carbonyl (C=O) groups is 1. The van der Waals surface area contributed by atoms with Crippen molar-refractivity contribution in [3.63, 3.8) is 0 Å². The van der Waals surface area contributed by atoms with Gasteiger partial charge in [-0.05, 0) is 20.0 Å². The van der Waals surface area contributed by atoms with Crippen molar-refractivity contribution in [1.29, 1.82) is 0 Å². The Bertz CT molecular complexity index is 480. The van der Waals surface area contributed by atoms with Crippen molar-refractivity contribution in [1.82, 2.24) is 15.2 Å². The van der Waals surface area contributed by atoms with Crippen LogP contribution in [0, 0.1) is 6.92 Å². The number of aryl methyl sites for hydroxylation is 1. The lowest BCUT2D eigenvalue weighted by atomic mass is 10.2. The number of hydrogen-bond acceptors (Lipinski definition) is 6. The molecule has 2 rings (SSSR count). The second-order valence-electron chi connectivity index (χ2n) is 4.98. The second-order valence-corrected chi connectivity index (χ2v) is 4.98. The average Bonchev–Trinajstić information content (AvgIpc) is 2.44. The molecule has 1 saturated heterocycles. The molecule has 0 saturated carbocycles. The molecule has 1 aromatic heterocycles. The van der Waals surface area contributed by atoms with Gasteiger partial charge in [0.1, 0.15) is 0 Å². The Balaban J connectivity index is 1.94. The summed E-state index contributed by atoms with van der Waals surface area (Å²) in [7, 11) is 2.04. The van der Waals surface area contributed by atoms with Crippen molar-refractivity contribution in [2.45, 2.75) is 13.0 Å². The molecule has 20 heavy (non-hydrogen) atoms. The first-order chi connectivity index (χ1) is 9.60. The van der Waals surface area contributed by atoms with Gasteiger partial charge in [-0.15, -0.1) is 0 Å². The van der Waals surface area contributed by atoms with Gasteiger partial charge in [0.2, 0.25) is 0 Å². The molecule has 0 aromatic carbocycles. The zero-order chi connectivity index (χ0) is 14.5. The van der Waals surface area contributed by atoms with E-state index in [1.807, 2.05) is 14.0 Å². The lowest BCUT2D eigenvalue weighted by Gasteiger charge is -2.30. The number of aromatic nitrogens is 1. The summed E-state index contributed by atoms with van der Waals surface area (Å²) in [5.74, 6) is 5.22. The quantitative estimate of drug-likeness (QED) is 0.519. The molecule has 1 aliphatic heterocycles. The number of amides is 1. The molecular weight excluding hydrogens is 258 g/mol. The number of pyridine rings is 1. The monoisotopic (exact) mass is 279 g/mol. The van der Waals surface area contributed by atoms with Crippen LogP contribution in [-0.2, 0) is 4.74 Å². The van der Waals surface area contributed by atoms with Gasteiger partial charge < -0.3 is 20.4 Å². The highest BCUT2D eigenvalue weighted by Crippen LogP contribution is 2.14. The van der Waals surface area contributed by atoms with Crippen LogP contribution < -0.4 is 16.6 Å². The summed E-state index contributed by atoms with van der Waals surface area (Å²) in [6, 6.07) is 1.74. The summed E-state index contributed by atoms with van der Waals surface area (Å²) in [6.45, 7) is 4.75. The van der Waals surface area contributed by atoms with Crippen molar-refractivity contribution < 1.29 is 9.53 Å². The van der Waals surface area contributed by atoms with E-state index in [1.54, 1.807) is 6.07 Å². The Morgan fingerprint density at radius 1 is 1.65 bits per heavy atom. The molecule has 1 aromatic rings. The van der Waals surface area contributed by atoms with Crippen LogP contribution in [0.1, 0.15) is 16.1 Å². The topological polar surface area (TPSA) is 92.5 Å². The third-order valence-corrected chi connectivity index (χ3v) is 3.27. The van der Waals surface area contributed by atoms with E-state index in [1.165, 1.54) is 6.20 Å². The molecule has 110 valence electrons. The van der Waals surface area contributed by atoms with Crippen molar-refractivity contribution in [2.24, 2.45) is 5.84 Å². The van der Waals surface area contributed by atoms with E-state index in [-0.39, 0.29) is 12.0 Å². The number of rotatable bonds is 4. The van der Waals surface area contributed by atoms with E-state index < -0.39 is 0 Å². The maximum atomic E-state index is 12.1. The minimum atomic E-state index is -0.206. The van der Waals surface area contributed by atoms with Gasteiger partial charge in [-0.3, -0.25) is 15.6 Å². The van der Waals surface area contributed by atoms with E-state index in [0.717, 1.165) is 18.8 Å². The van der Waals surface area contributed by atoms with Gasteiger partial charge in [-0.1, -0.05) is 0 Å². The fourth-order valence-electron chi connectivity index (χ4n) is 2.15. The van der Waals surface area contributed by atoms with Crippen LogP contribution >= 0.6 is 0 Å². The summed E-state index contributed by atoms with van der Waals surface area (Å²) in [5, 5.41) is 2.86. The molecule has 1 amide bonds. The highest BCUT2D eigenvalue weighted by molar-refractivity contribution is 5.99. The van der Waals surface area contributed by atoms with Gasteiger partial charge in [-0.25, -0.2) is 0 Å². The minimum absolute atomic E-state index is 0.0189. The number of nitrogens with zero attached hydrogens (tertiary/aromatic N) is 2. The second kappa shape index (κ2) is 6.65. The normalized spacial score (nSPS) is 19.6. The number of likely N-dealkylation sites (N-methyl/N-ethyl adjacent to an activating group) is 1. The zero-order valence-electron chi connectivity index (χ0n) is 11.8. The number of nitrogens with two attached hydrogens (primary N) is 1. The Hall–Kier alpha value is -1.70. The number of hydrogen-bond donors (Lipinski definition) is 3. The summed E-state index contributed by atoms with van der Waals surface area (Å²) in [6.07, 6.45) is 1.54. The molecule has 4 N–H and O–H groups in total. The minimum Gasteiger partial charge on any atom is -0.374 e. The largest absolute Gasteiger partial charge is 0.374 e. The number of hydrazine groups is 1. The van der Waals surface area contributed by atoms with Gasteiger partial charge >= 0.3 is 0 Å². The number of ether oxygens (including phenoxy) is 1. The zero-order valence-corrected chi connectivity index (χ0v) is 11.8. The molecule has 0 radical (unpaired) electrons. The van der Waals surface area contributed by atoms with Gasteiger partial charge in [0.25, 0.3) is 5.91 Å². The maximum absolute atomic E-state index is 12.1. The molecule has 0 aliphatic carbocycles. The number of anilines is 1. The van der Waals surface area contributed by atoms with E-state index in [9.17, 15) is 4.79 Å². The Kier molecular flexibility index (Phi) is 4.89. The Morgan fingerprint density at radius 3 is 3.15 bits per heavy atom. The molecule has 0 spiro atoms. The van der Waals surface area contributed by atoms with Crippen LogP contribution in [0.2, 0.25) is 0 Å². The highest BCUT2D eigenvalue weighted by Gasteiger charge is 2.19. The van der Waals surface area contributed by atoms with Crippen LogP contribution in [0.15, 0.2) is 12.3 Å². The molecule has 1 unspecified atom stereocenters. The van der Waals surface area contributed by atoms with Gasteiger partial charge in [0.15, 0.2) is 0 Å². The molecule has 7 heteroatoms. The van der Waals surface area contributed by atoms with Crippen molar-refractivity contribution in [2.75, 3.05) is 38.7 Å². The Morgan fingerprint density at radius 2 is 2.45 bits per heavy atom. The molecule has 0 bridgehead atoms. The molecule has 1 atom stereocenters. The SMILES string of the molecule is Cc1cc(NN)c(C(=O)NCC2CN(C)CCO2)cn1. The first-order valence-corrected chi connectivity index (χ1v) is 6.61. The summed E-state index contributed by atoms with van der Waals surface area (Å²) < 4.78 is 5.60. The predicted octanol–water partition coefficient (Wildman–Crippen LogP) is -0.264. The predicted molar refractivity (Wildman–Crippen MR) is 76.4 cm³/mol. The lowest BCUT2D eigenvalue weighted by Crippen LogP contribution is -2.46. The van der Waals surface area contributed by atoms with E-state index in [2.05, 4.69) is 20.6 Å². The van der Waals surface area contributed by atoms with E-state index >= 15 is 0 Å². The smallest absolute Gasteiger partial charge is 0.255 e. The van der Waals surface area contributed by atoms with Crippen molar-refractivity contribution >= 4 is 11.6 Å². The number of morpholine rings is 1. The summed E-state index contributed by atoms with van der Waals surface area (Å²) in [4.78, 5) is 18.4. The van der Waals surface area contributed by atoms with E-state index in [0.29, 0.717) is 24.4 Å². The van der Waals surface area contributed by atoms with Gasteiger partial charge in [0.05, 0.1) is 24.0 Å². The Labute approximate surface area is 118 Å². The van der Waals surface area contributed by atoms with E-state index in [4.69, 9.17) is 10.6 Å². The molecular formula is C13H21N5O2. The fourth-order valence-corrected chi connectivity index (χ4v) is 2.15. The molecule has 7 nitrogen and oxygen atoms in total. The van der Waals surface area contributed by atoms with Crippen LogP contribution in [-0.4, -0.2) is 55.2 Å². The highest BCUT2D eigenvalue weighted by atomic mass is 16.5. The van der Waals surface area contributed by atoms with Crippen LogP contribution in [0.4, 0.5) is 5.69 Å². The van der Waals surface area contributed by atoms with Gasteiger partial charge in [0, 0.05) is 31.5 Å². The maximum Gasteiger partial charge on any atom is 0.255 e. The third-order valence-electron chi connectivity index (χ3n) is 3.27. The number of carbonyl (C=O) groups excluding carboxylic acids is 1. The molecule has 1 aliphatic rings. The van der Waals surface area contributed by atoms with Gasteiger partial charge in [-0.2, -0.15) is 0 Å².